The van der Waals surface area contributed by atoms with Crippen LogP contribution in [0.5, 0.6) is 0 Å². The lowest BCUT2D eigenvalue weighted by Crippen LogP contribution is -2.13. The minimum absolute atomic E-state index is 0. The molecule has 1 N–H and O–H groups in total. The first-order chi connectivity index (χ1) is 12.7. The molecule has 1 heterocycles. The van der Waals surface area contributed by atoms with Gasteiger partial charge >= 0.3 is 0 Å². The van der Waals surface area contributed by atoms with E-state index in [0.29, 0.717) is 11.6 Å². The van der Waals surface area contributed by atoms with Crippen LogP contribution in [-0.4, -0.2) is 15.9 Å². The molecule has 4 heteroatoms. The van der Waals surface area contributed by atoms with Gasteiger partial charge < -0.3 is 5.32 Å². The summed E-state index contributed by atoms with van der Waals surface area (Å²) in [6, 6.07) is 8.26. The normalized spacial score (nSPS) is 11.1. The van der Waals surface area contributed by atoms with Gasteiger partial charge in [0.1, 0.15) is 11.6 Å². The van der Waals surface area contributed by atoms with Crippen LogP contribution in [0.2, 0.25) is 0 Å². The Morgan fingerprint density at radius 1 is 1.11 bits per heavy atom. The third-order valence-electron chi connectivity index (χ3n) is 4.12. The summed E-state index contributed by atoms with van der Waals surface area (Å²) in [5.41, 5.74) is 4.27. The van der Waals surface area contributed by atoms with Gasteiger partial charge in [0, 0.05) is 18.8 Å². The van der Waals surface area contributed by atoms with Crippen molar-refractivity contribution in [1.82, 2.24) is 9.97 Å². The van der Waals surface area contributed by atoms with Gasteiger partial charge in [0.25, 0.3) is 0 Å². The van der Waals surface area contributed by atoms with E-state index in [1.54, 1.807) is 0 Å². The van der Waals surface area contributed by atoms with Gasteiger partial charge in [-0.1, -0.05) is 65.8 Å². The Morgan fingerprint density at radius 3 is 2.22 bits per heavy atom. The van der Waals surface area contributed by atoms with Crippen LogP contribution in [0.25, 0.3) is 6.08 Å². The number of aryl methyl sites for hydroxylation is 2. The number of rotatable bonds is 4. The Hall–Kier alpha value is -2.49. The van der Waals surface area contributed by atoms with Gasteiger partial charge in [-0.15, -0.1) is 0 Å². The van der Waals surface area contributed by atoms with E-state index in [9.17, 15) is 4.79 Å². The first-order valence-corrected chi connectivity index (χ1v) is 9.64. The SMILES string of the molecule is CC.CCc1c(C)nc(C)nc1NC(=O)/C=C/c1ccc(C(C)(C)C)cc1.[HH]. The maximum Gasteiger partial charge on any atom is 0.249 e. The summed E-state index contributed by atoms with van der Waals surface area (Å²) < 4.78 is 0. The molecule has 1 amide bonds. The summed E-state index contributed by atoms with van der Waals surface area (Å²) in [5.74, 6) is 1.07. The molecule has 0 atom stereocenters. The quantitative estimate of drug-likeness (QED) is 0.685. The summed E-state index contributed by atoms with van der Waals surface area (Å²) in [6.07, 6.45) is 4.13. The molecule has 0 aliphatic carbocycles. The van der Waals surface area contributed by atoms with E-state index < -0.39 is 0 Å². The molecular formula is C23H35N3O. The molecule has 0 saturated carbocycles. The van der Waals surface area contributed by atoms with Crippen LogP contribution in [0.3, 0.4) is 0 Å². The van der Waals surface area contributed by atoms with Gasteiger partial charge in [-0.05, 0) is 42.9 Å². The molecule has 0 saturated heterocycles. The van der Waals surface area contributed by atoms with Gasteiger partial charge in [-0.2, -0.15) is 0 Å². The summed E-state index contributed by atoms with van der Waals surface area (Å²) >= 11 is 0. The van der Waals surface area contributed by atoms with Crippen molar-refractivity contribution in [2.45, 2.75) is 67.2 Å². The number of carbonyl (C=O) groups is 1. The third kappa shape index (κ3) is 6.63. The fraction of sp³-hybridized carbons (Fsp3) is 0.435. The zero-order valence-electron chi connectivity index (χ0n) is 18.0. The van der Waals surface area contributed by atoms with Crippen molar-refractivity contribution in [3.63, 3.8) is 0 Å². The second-order valence-electron chi connectivity index (χ2n) is 7.23. The van der Waals surface area contributed by atoms with Crippen LogP contribution in [-0.2, 0) is 16.6 Å². The molecule has 0 spiro atoms. The Kier molecular flexibility index (Phi) is 8.35. The van der Waals surface area contributed by atoms with Gasteiger partial charge in [0.05, 0.1) is 0 Å². The van der Waals surface area contributed by atoms with Crippen molar-refractivity contribution in [3.05, 3.63) is 58.6 Å². The number of benzene rings is 1. The highest BCUT2D eigenvalue weighted by atomic mass is 16.1. The van der Waals surface area contributed by atoms with E-state index in [0.717, 1.165) is 23.2 Å². The van der Waals surface area contributed by atoms with Crippen molar-refractivity contribution >= 4 is 17.8 Å². The zero-order chi connectivity index (χ0) is 20.6. The van der Waals surface area contributed by atoms with E-state index in [-0.39, 0.29) is 12.7 Å². The number of amides is 1. The summed E-state index contributed by atoms with van der Waals surface area (Å²) in [6.45, 7) is 16.3. The van der Waals surface area contributed by atoms with E-state index in [1.165, 1.54) is 11.6 Å². The van der Waals surface area contributed by atoms with Crippen molar-refractivity contribution in [3.8, 4) is 0 Å². The van der Waals surface area contributed by atoms with Gasteiger partial charge in [0.2, 0.25) is 5.91 Å². The Labute approximate surface area is 165 Å². The molecule has 0 bridgehead atoms. The van der Waals surface area contributed by atoms with Gasteiger partial charge in [0.15, 0.2) is 0 Å². The van der Waals surface area contributed by atoms with Crippen LogP contribution in [0, 0.1) is 13.8 Å². The minimum Gasteiger partial charge on any atom is -0.307 e. The average molecular weight is 370 g/mol. The van der Waals surface area contributed by atoms with E-state index in [2.05, 4.69) is 48.2 Å². The zero-order valence-corrected chi connectivity index (χ0v) is 18.0. The summed E-state index contributed by atoms with van der Waals surface area (Å²) in [4.78, 5) is 21.0. The molecule has 148 valence electrons. The second-order valence-corrected chi connectivity index (χ2v) is 7.23. The molecule has 1 aromatic carbocycles. The highest BCUT2D eigenvalue weighted by Crippen LogP contribution is 2.22. The first kappa shape index (κ1) is 22.6. The predicted octanol–water partition coefficient (Wildman–Crippen LogP) is 5.88. The molecule has 2 aromatic rings. The first-order valence-electron chi connectivity index (χ1n) is 9.64. The predicted molar refractivity (Wildman–Crippen MR) is 117 cm³/mol. The van der Waals surface area contributed by atoms with Gasteiger partial charge in [-0.3, -0.25) is 4.79 Å². The van der Waals surface area contributed by atoms with Crippen molar-refractivity contribution in [2.75, 3.05) is 5.32 Å². The lowest BCUT2D eigenvalue weighted by molar-refractivity contribution is -0.111. The largest absolute Gasteiger partial charge is 0.307 e. The number of hydrogen-bond donors (Lipinski definition) is 1. The van der Waals surface area contributed by atoms with E-state index >= 15 is 0 Å². The number of anilines is 1. The lowest BCUT2D eigenvalue weighted by Gasteiger charge is -2.18. The van der Waals surface area contributed by atoms with Crippen LogP contribution in [0.4, 0.5) is 5.82 Å². The topological polar surface area (TPSA) is 54.9 Å². The molecule has 0 radical (unpaired) electrons. The Balaban J connectivity index is 0.00000235. The maximum atomic E-state index is 12.2. The maximum absolute atomic E-state index is 12.2. The average Bonchev–Trinajstić information content (AvgIpc) is 2.61. The molecule has 4 nitrogen and oxygen atoms in total. The van der Waals surface area contributed by atoms with Crippen molar-refractivity contribution < 1.29 is 6.22 Å². The molecule has 0 fully saturated rings. The molecule has 2 rings (SSSR count). The molecule has 0 aliphatic rings. The fourth-order valence-corrected chi connectivity index (χ4v) is 2.69. The van der Waals surface area contributed by atoms with Crippen LogP contribution < -0.4 is 5.32 Å². The number of carbonyl (C=O) groups excluding carboxylic acids is 1. The Bertz CT molecular complexity index is 791. The fourth-order valence-electron chi connectivity index (χ4n) is 2.69. The third-order valence-corrected chi connectivity index (χ3v) is 4.12. The molecule has 27 heavy (non-hydrogen) atoms. The Morgan fingerprint density at radius 2 is 1.70 bits per heavy atom. The number of nitrogens with one attached hydrogen (secondary N) is 1. The highest BCUT2D eigenvalue weighted by Gasteiger charge is 2.13. The standard InChI is InChI=1S/C21H27N3O.C2H6.H2/c1-7-18-14(2)22-15(3)23-20(18)24-19(25)13-10-16-8-11-17(12-9-16)21(4,5)6;1-2;/h8-13H,7H2,1-6H3,(H,22,23,24,25);1-2H3;1H/b13-10+;;. The molecular weight excluding hydrogens is 334 g/mol. The number of aromatic nitrogens is 2. The van der Waals surface area contributed by atoms with Crippen LogP contribution in [0.15, 0.2) is 30.3 Å². The van der Waals surface area contributed by atoms with Crippen molar-refractivity contribution in [1.29, 1.82) is 0 Å². The van der Waals surface area contributed by atoms with Crippen molar-refractivity contribution in [2.24, 2.45) is 0 Å². The van der Waals surface area contributed by atoms with Crippen LogP contribution in [0.1, 0.15) is 71.2 Å². The summed E-state index contributed by atoms with van der Waals surface area (Å²) in [7, 11) is 0. The van der Waals surface area contributed by atoms with E-state index in [4.69, 9.17) is 0 Å². The van der Waals surface area contributed by atoms with E-state index in [1.807, 2.05) is 52.8 Å². The van der Waals surface area contributed by atoms with Gasteiger partial charge in [-0.25, -0.2) is 9.97 Å². The minimum atomic E-state index is -0.188. The van der Waals surface area contributed by atoms with Crippen LogP contribution >= 0.6 is 0 Å². The smallest absolute Gasteiger partial charge is 0.249 e. The number of hydrogen-bond acceptors (Lipinski definition) is 3. The molecule has 1 aromatic heterocycles. The highest BCUT2D eigenvalue weighted by molar-refractivity contribution is 6.01. The second kappa shape index (κ2) is 10.0. The lowest BCUT2D eigenvalue weighted by atomic mass is 9.87. The monoisotopic (exact) mass is 369 g/mol. The summed E-state index contributed by atoms with van der Waals surface area (Å²) in [5, 5.41) is 2.87. The molecule has 0 unspecified atom stereocenters. The number of nitrogens with zero attached hydrogens (tertiary/aromatic N) is 2. The molecule has 0 aliphatic heterocycles.